The van der Waals surface area contributed by atoms with Crippen molar-refractivity contribution in [2.45, 2.75) is 32.0 Å². The topological polar surface area (TPSA) is 79.3 Å². The van der Waals surface area contributed by atoms with Crippen molar-refractivity contribution >= 4 is 11.9 Å². The first-order chi connectivity index (χ1) is 12.0. The summed E-state index contributed by atoms with van der Waals surface area (Å²) in [6.07, 6.45) is 3.93. The number of hydrogen-bond donors (Lipinski definition) is 2. The fourth-order valence-corrected chi connectivity index (χ4v) is 3.00. The van der Waals surface area contributed by atoms with Crippen molar-refractivity contribution in [2.24, 2.45) is 7.05 Å². The normalized spacial score (nSPS) is 18.2. The number of aryl methyl sites for hydroxylation is 1. The third kappa shape index (κ3) is 4.37. The van der Waals surface area contributed by atoms with Gasteiger partial charge in [-0.15, -0.1) is 0 Å². The molecule has 1 aliphatic rings. The number of amides is 3. The van der Waals surface area contributed by atoms with Gasteiger partial charge in [-0.25, -0.2) is 4.79 Å². The Labute approximate surface area is 147 Å². The van der Waals surface area contributed by atoms with Crippen molar-refractivity contribution in [1.29, 1.82) is 0 Å². The van der Waals surface area contributed by atoms with Crippen molar-refractivity contribution in [2.75, 3.05) is 6.54 Å². The molecule has 0 radical (unpaired) electrons. The largest absolute Gasteiger partial charge is 0.336 e. The lowest BCUT2D eigenvalue weighted by molar-refractivity contribution is -0.128. The van der Waals surface area contributed by atoms with E-state index in [1.807, 2.05) is 50.5 Å². The molecule has 7 heteroatoms. The van der Waals surface area contributed by atoms with Gasteiger partial charge in [-0.1, -0.05) is 30.3 Å². The van der Waals surface area contributed by atoms with E-state index in [1.165, 1.54) is 0 Å². The third-order valence-electron chi connectivity index (χ3n) is 4.34. The van der Waals surface area contributed by atoms with E-state index in [1.54, 1.807) is 15.8 Å². The second kappa shape index (κ2) is 7.38. The predicted octanol–water partition coefficient (Wildman–Crippen LogP) is 1.58. The quantitative estimate of drug-likeness (QED) is 0.867. The van der Waals surface area contributed by atoms with E-state index in [9.17, 15) is 9.59 Å². The minimum absolute atomic E-state index is 0.0643. The Bertz CT molecular complexity index is 743. The number of benzene rings is 1. The number of urea groups is 1. The molecular formula is C18H23N5O2. The van der Waals surface area contributed by atoms with Gasteiger partial charge in [0.15, 0.2) is 0 Å². The van der Waals surface area contributed by atoms with E-state index in [4.69, 9.17) is 0 Å². The summed E-state index contributed by atoms with van der Waals surface area (Å²) in [4.78, 5) is 26.1. The number of likely N-dealkylation sites (tertiary alicyclic amines) is 1. The molecule has 0 spiro atoms. The van der Waals surface area contributed by atoms with E-state index < -0.39 is 0 Å². The molecule has 7 nitrogen and oxygen atoms in total. The first-order valence-electron chi connectivity index (χ1n) is 8.38. The molecule has 132 valence electrons. The Kier molecular flexibility index (Phi) is 5.02. The van der Waals surface area contributed by atoms with Gasteiger partial charge in [-0.05, 0) is 12.5 Å². The first-order valence-corrected chi connectivity index (χ1v) is 8.38. The summed E-state index contributed by atoms with van der Waals surface area (Å²) in [6.45, 7) is 3.01. The van der Waals surface area contributed by atoms with Crippen LogP contribution in [0.2, 0.25) is 0 Å². The molecule has 0 aliphatic carbocycles. The summed E-state index contributed by atoms with van der Waals surface area (Å²) in [5, 5.41) is 9.88. The van der Waals surface area contributed by atoms with Gasteiger partial charge in [0.05, 0.1) is 18.3 Å². The molecule has 1 aromatic heterocycles. The van der Waals surface area contributed by atoms with Gasteiger partial charge in [0, 0.05) is 38.3 Å². The van der Waals surface area contributed by atoms with Crippen LogP contribution < -0.4 is 10.6 Å². The van der Waals surface area contributed by atoms with Gasteiger partial charge < -0.3 is 15.5 Å². The molecule has 2 heterocycles. The number of hydrogen-bond acceptors (Lipinski definition) is 3. The van der Waals surface area contributed by atoms with Crippen molar-refractivity contribution < 1.29 is 9.59 Å². The summed E-state index contributed by atoms with van der Waals surface area (Å²) >= 11 is 0. The first kappa shape index (κ1) is 17.0. The smallest absolute Gasteiger partial charge is 0.315 e. The minimum atomic E-state index is -0.268. The van der Waals surface area contributed by atoms with Crippen molar-refractivity contribution in [3.8, 4) is 0 Å². The number of carbonyl (C=O) groups excluding carboxylic acids is 2. The molecule has 1 fully saturated rings. The fourth-order valence-electron chi connectivity index (χ4n) is 3.00. The Morgan fingerprint density at radius 1 is 1.36 bits per heavy atom. The van der Waals surface area contributed by atoms with Gasteiger partial charge in [-0.2, -0.15) is 5.10 Å². The molecule has 25 heavy (non-hydrogen) atoms. The van der Waals surface area contributed by atoms with Crippen LogP contribution in [0.4, 0.5) is 4.79 Å². The molecule has 3 rings (SSSR count). The summed E-state index contributed by atoms with van der Waals surface area (Å²) in [5.41, 5.74) is 2.03. The van der Waals surface area contributed by atoms with Crippen LogP contribution in [0.25, 0.3) is 0 Å². The zero-order chi connectivity index (χ0) is 17.8. The Morgan fingerprint density at radius 3 is 2.80 bits per heavy atom. The lowest BCUT2D eigenvalue weighted by atomic mass is 10.2. The van der Waals surface area contributed by atoms with E-state index >= 15 is 0 Å². The fraction of sp³-hybridized carbons (Fsp3) is 0.389. The second-order valence-corrected chi connectivity index (χ2v) is 6.45. The SMILES string of the molecule is C[C@@H](NC(=O)N[C@H]1CC(=O)N(Cc2ccccc2)C1)c1cnn(C)c1. The number of nitrogens with one attached hydrogen (secondary N) is 2. The lowest BCUT2D eigenvalue weighted by Gasteiger charge is -2.18. The van der Waals surface area contributed by atoms with Crippen LogP contribution in [-0.2, 0) is 18.4 Å². The summed E-state index contributed by atoms with van der Waals surface area (Å²) in [7, 11) is 1.84. The summed E-state index contributed by atoms with van der Waals surface area (Å²) in [6, 6.07) is 9.27. The Hall–Kier alpha value is -2.83. The zero-order valence-electron chi connectivity index (χ0n) is 14.5. The van der Waals surface area contributed by atoms with Crippen LogP contribution in [0, 0.1) is 0 Å². The average Bonchev–Trinajstić information content (AvgIpc) is 3.14. The molecule has 1 aliphatic heterocycles. The Balaban J connectivity index is 1.50. The maximum absolute atomic E-state index is 12.2. The van der Waals surface area contributed by atoms with Gasteiger partial charge in [0.1, 0.15) is 0 Å². The second-order valence-electron chi connectivity index (χ2n) is 6.45. The molecular weight excluding hydrogens is 318 g/mol. The van der Waals surface area contributed by atoms with Gasteiger partial charge in [-0.3, -0.25) is 9.48 Å². The number of aromatic nitrogens is 2. The van der Waals surface area contributed by atoms with E-state index in [2.05, 4.69) is 15.7 Å². The number of nitrogens with zero attached hydrogens (tertiary/aromatic N) is 3. The van der Waals surface area contributed by atoms with Crippen LogP contribution >= 0.6 is 0 Å². The molecule has 2 atom stereocenters. The van der Waals surface area contributed by atoms with E-state index in [0.29, 0.717) is 19.5 Å². The minimum Gasteiger partial charge on any atom is -0.336 e. The van der Waals surface area contributed by atoms with Crippen LogP contribution in [-0.4, -0.2) is 39.2 Å². The van der Waals surface area contributed by atoms with Crippen molar-refractivity contribution in [3.05, 3.63) is 53.9 Å². The van der Waals surface area contributed by atoms with Gasteiger partial charge in [0.2, 0.25) is 5.91 Å². The van der Waals surface area contributed by atoms with Crippen molar-refractivity contribution in [3.63, 3.8) is 0 Å². The third-order valence-corrected chi connectivity index (χ3v) is 4.34. The molecule has 1 aromatic carbocycles. The highest BCUT2D eigenvalue weighted by atomic mass is 16.2. The zero-order valence-corrected chi connectivity index (χ0v) is 14.5. The molecule has 2 aromatic rings. The monoisotopic (exact) mass is 341 g/mol. The molecule has 0 bridgehead atoms. The van der Waals surface area contributed by atoms with Gasteiger partial charge >= 0.3 is 6.03 Å². The van der Waals surface area contributed by atoms with Gasteiger partial charge in [0.25, 0.3) is 0 Å². The summed E-state index contributed by atoms with van der Waals surface area (Å²) < 4.78 is 1.70. The maximum atomic E-state index is 12.2. The van der Waals surface area contributed by atoms with Crippen LogP contribution in [0.15, 0.2) is 42.7 Å². The van der Waals surface area contributed by atoms with E-state index in [0.717, 1.165) is 11.1 Å². The average molecular weight is 341 g/mol. The van der Waals surface area contributed by atoms with Crippen LogP contribution in [0.5, 0.6) is 0 Å². The molecule has 1 saturated heterocycles. The molecule has 0 saturated carbocycles. The molecule has 0 unspecified atom stereocenters. The number of rotatable bonds is 5. The molecule has 2 N–H and O–H groups in total. The van der Waals surface area contributed by atoms with E-state index in [-0.39, 0.29) is 24.0 Å². The number of carbonyl (C=O) groups is 2. The van der Waals surface area contributed by atoms with Crippen LogP contribution in [0.1, 0.15) is 30.5 Å². The maximum Gasteiger partial charge on any atom is 0.315 e. The lowest BCUT2D eigenvalue weighted by Crippen LogP contribution is -2.44. The van der Waals surface area contributed by atoms with Crippen LogP contribution in [0.3, 0.4) is 0 Å². The predicted molar refractivity (Wildman–Crippen MR) is 93.6 cm³/mol. The molecule has 3 amide bonds. The highest BCUT2D eigenvalue weighted by molar-refractivity contribution is 5.81. The standard InChI is InChI=1S/C18H23N5O2/c1-13(15-9-19-22(2)11-15)20-18(25)21-16-8-17(24)23(12-16)10-14-6-4-3-5-7-14/h3-7,9,11,13,16H,8,10,12H2,1-2H3,(H2,20,21,25)/t13-,16+/m1/s1. The highest BCUT2D eigenvalue weighted by Crippen LogP contribution is 2.15. The van der Waals surface area contributed by atoms with Crippen molar-refractivity contribution in [1.82, 2.24) is 25.3 Å². The Morgan fingerprint density at radius 2 is 2.12 bits per heavy atom. The highest BCUT2D eigenvalue weighted by Gasteiger charge is 2.30. The summed E-state index contributed by atoms with van der Waals surface area (Å²) in [5.74, 6) is 0.0643.